The van der Waals surface area contributed by atoms with Crippen molar-refractivity contribution in [1.82, 2.24) is 5.09 Å². The molecular weight excluding hydrogens is 491 g/mol. The molecule has 0 heterocycles. The smallest absolute Gasteiger partial charge is 0.00123 e. The highest BCUT2D eigenvalue weighted by Crippen LogP contribution is 2.09. The molecule has 2 nitrogen and oxygen atoms in total. The molecule has 0 saturated carbocycles. The number of allylic oxidation sites excluding steroid dienone is 8. The van der Waals surface area contributed by atoms with Crippen molar-refractivity contribution in [3.05, 3.63) is 48.6 Å². The van der Waals surface area contributed by atoms with E-state index in [1.807, 2.05) is 0 Å². The largest absolute Gasteiger partial charge is 0.330 e. The van der Waals surface area contributed by atoms with Crippen LogP contribution in [0, 0.1) is 0 Å². The van der Waals surface area contributed by atoms with Gasteiger partial charge in [-0.05, 0) is 90.4 Å². The van der Waals surface area contributed by atoms with Crippen LogP contribution in [-0.4, -0.2) is 19.8 Å². The molecule has 0 radical (unpaired) electrons. The van der Waals surface area contributed by atoms with Gasteiger partial charge in [0.2, 0.25) is 0 Å². The molecule has 0 aliphatic rings. The minimum Gasteiger partial charge on any atom is -0.330 e. The lowest BCUT2D eigenvalue weighted by atomic mass is 10.1. The summed E-state index contributed by atoms with van der Waals surface area (Å²) in [7, 11) is 0.906. The Bertz CT molecular complexity index is 524. The van der Waals surface area contributed by atoms with Crippen LogP contribution in [0.1, 0.15) is 162 Å². The lowest BCUT2D eigenvalue weighted by Gasteiger charge is -2.01. The average Bonchev–Trinajstić information content (AvgIpc) is 2.95. The fraction of sp³-hybridized carbons (Fsp3) is 0.778. The van der Waals surface area contributed by atoms with E-state index in [0.717, 1.165) is 28.1 Å². The summed E-state index contributed by atoms with van der Waals surface area (Å²) in [6, 6.07) is 0. The fourth-order valence-corrected chi connectivity index (χ4v) is 4.70. The summed E-state index contributed by atoms with van der Waals surface area (Å²) in [4.78, 5) is 0. The maximum Gasteiger partial charge on any atom is -0.00123 e. The van der Waals surface area contributed by atoms with Crippen LogP contribution in [0.2, 0.25) is 0 Å². The first-order valence-corrected chi connectivity index (χ1v) is 18.5. The molecule has 1 atom stereocenters. The first-order valence-electron chi connectivity index (χ1n) is 17.0. The van der Waals surface area contributed by atoms with Gasteiger partial charge < -0.3 is 5.73 Å². The van der Waals surface area contributed by atoms with E-state index in [9.17, 15) is 0 Å². The third kappa shape index (κ3) is 44.6. The van der Waals surface area contributed by atoms with Gasteiger partial charge in [-0.2, -0.15) is 0 Å². The second-order valence-electron chi connectivity index (χ2n) is 10.8. The van der Waals surface area contributed by atoms with Gasteiger partial charge in [-0.15, -0.1) is 0 Å². The zero-order valence-corrected chi connectivity index (χ0v) is 27.9. The van der Waals surface area contributed by atoms with E-state index in [1.165, 1.54) is 141 Å². The second-order valence-corrected chi connectivity index (χ2v) is 11.6. The third-order valence-electron chi connectivity index (χ3n) is 6.83. The van der Waals surface area contributed by atoms with Gasteiger partial charge in [0, 0.05) is 0 Å². The molecule has 1 unspecified atom stereocenters. The number of nitrogens with two attached hydrogens (primary N) is 1. The van der Waals surface area contributed by atoms with Crippen molar-refractivity contribution in [2.45, 2.75) is 162 Å². The molecule has 3 heteroatoms. The summed E-state index contributed by atoms with van der Waals surface area (Å²) >= 11 is 0. The molecule has 3 N–H and O–H groups in total. The molecule has 0 saturated heterocycles. The van der Waals surface area contributed by atoms with Gasteiger partial charge in [0.05, 0.1) is 0 Å². The van der Waals surface area contributed by atoms with Crippen LogP contribution < -0.4 is 10.8 Å². The van der Waals surface area contributed by atoms with E-state index in [4.69, 9.17) is 5.73 Å². The lowest BCUT2D eigenvalue weighted by molar-refractivity contribution is 0.595. The highest BCUT2D eigenvalue weighted by Gasteiger charge is 1.91. The van der Waals surface area contributed by atoms with Gasteiger partial charge in [0.1, 0.15) is 0 Å². The molecule has 0 aliphatic carbocycles. The Hall–Kier alpha value is -0.690. The maximum absolute atomic E-state index is 5.46. The Morgan fingerprint density at radius 1 is 0.462 bits per heavy atom. The Kier molecular flexibility index (Phi) is 43.3. The van der Waals surface area contributed by atoms with Crippen molar-refractivity contribution in [3.63, 3.8) is 0 Å². The zero-order valence-electron chi connectivity index (χ0n) is 26.9. The van der Waals surface area contributed by atoms with Crippen LogP contribution >= 0.6 is 8.73 Å². The zero-order chi connectivity index (χ0) is 28.7. The van der Waals surface area contributed by atoms with Gasteiger partial charge in [-0.25, -0.2) is 0 Å². The summed E-state index contributed by atoms with van der Waals surface area (Å²) in [6.07, 6.45) is 48.8. The van der Waals surface area contributed by atoms with Gasteiger partial charge >= 0.3 is 0 Å². The van der Waals surface area contributed by atoms with Crippen molar-refractivity contribution in [2.75, 3.05) is 19.8 Å². The van der Waals surface area contributed by atoms with Crippen molar-refractivity contribution in [2.24, 2.45) is 5.73 Å². The first-order chi connectivity index (χ1) is 19.3. The SMILES string of the molecule is CCCC/C=C\C/C=C\CCCCCCCCN.CCCCC/C=C\C/C=C\CCCCCCCCNPC. The van der Waals surface area contributed by atoms with Gasteiger partial charge in [-0.3, -0.25) is 5.09 Å². The standard InChI is InChI=1S/C19H38NP.C17H33N/c1-3-4-5-6-7-8-9-10-11-12-13-14-15-16-17-18-19-20-21-2;1-2-3-4-5-6-7-8-9-10-11-12-13-14-15-16-17-18/h7-8,10-11,20-21H,3-6,9,12-19H2,1-2H3;5-6,8-9H,2-4,7,10-18H2,1H3/b8-7-,11-10-;6-5-,9-8-. The normalized spacial score (nSPS) is 12.2. The minimum absolute atomic E-state index is 0.856. The quantitative estimate of drug-likeness (QED) is 0.0540. The molecule has 230 valence electrons. The predicted molar refractivity (Wildman–Crippen MR) is 185 cm³/mol. The molecule has 0 bridgehead atoms. The summed E-state index contributed by atoms with van der Waals surface area (Å²) in [5.41, 5.74) is 5.46. The van der Waals surface area contributed by atoms with E-state index in [0.29, 0.717) is 0 Å². The molecule has 0 spiro atoms. The number of rotatable bonds is 29. The maximum atomic E-state index is 5.46. The highest BCUT2D eigenvalue weighted by molar-refractivity contribution is 7.34. The Balaban J connectivity index is 0. The molecule has 0 aromatic heterocycles. The summed E-state index contributed by atoms with van der Waals surface area (Å²) in [5, 5.41) is 3.41. The topological polar surface area (TPSA) is 38.0 Å². The fourth-order valence-electron chi connectivity index (χ4n) is 4.27. The number of nitrogens with one attached hydrogen (secondary N) is 1. The van der Waals surface area contributed by atoms with Crippen molar-refractivity contribution < 1.29 is 0 Å². The van der Waals surface area contributed by atoms with Crippen molar-refractivity contribution in [3.8, 4) is 0 Å². The molecule has 0 aromatic rings. The van der Waals surface area contributed by atoms with Gasteiger partial charge in [0.25, 0.3) is 0 Å². The van der Waals surface area contributed by atoms with Crippen molar-refractivity contribution in [1.29, 1.82) is 0 Å². The molecule has 39 heavy (non-hydrogen) atoms. The van der Waals surface area contributed by atoms with Crippen LogP contribution in [0.15, 0.2) is 48.6 Å². The number of hydrogen-bond acceptors (Lipinski definition) is 2. The molecular formula is C36H71N2P. The Morgan fingerprint density at radius 2 is 0.846 bits per heavy atom. The van der Waals surface area contributed by atoms with Gasteiger partial charge in [0.15, 0.2) is 0 Å². The highest BCUT2D eigenvalue weighted by atomic mass is 31.1. The Labute approximate surface area is 249 Å². The van der Waals surface area contributed by atoms with E-state index in [1.54, 1.807) is 0 Å². The summed E-state index contributed by atoms with van der Waals surface area (Å²) < 4.78 is 0. The van der Waals surface area contributed by atoms with Crippen LogP contribution in [0.25, 0.3) is 0 Å². The molecule has 0 amide bonds. The monoisotopic (exact) mass is 563 g/mol. The van der Waals surface area contributed by atoms with E-state index in [2.05, 4.69) is 74.2 Å². The second kappa shape index (κ2) is 41.8. The van der Waals surface area contributed by atoms with E-state index < -0.39 is 0 Å². The van der Waals surface area contributed by atoms with Crippen molar-refractivity contribution >= 4 is 8.73 Å². The molecule has 0 aromatic carbocycles. The van der Waals surface area contributed by atoms with E-state index >= 15 is 0 Å². The van der Waals surface area contributed by atoms with Crippen LogP contribution in [-0.2, 0) is 0 Å². The van der Waals surface area contributed by atoms with Crippen LogP contribution in [0.5, 0.6) is 0 Å². The number of unbranched alkanes of at least 4 members (excludes halogenated alkanes) is 17. The predicted octanol–water partition coefficient (Wildman–Crippen LogP) is 12.0. The first kappa shape index (κ1) is 40.4. The Morgan fingerprint density at radius 3 is 1.28 bits per heavy atom. The summed E-state index contributed by atoms with van der Waals surface area (Å²) in [6.45, 7) is 8.77. The van der Waals surface area contributed by atoms with E-state index in [-0.39, 0.29) is 0 Å². The molecule has 0 aliphatic heterocycles. The summed E-state index contributed by atoms with van der Waals surface area (Å²) in [5.74, 6) is 0. The number of hydrogen-bond donors (Lipinski definition) is 2. The van der Waals surface area contributed by atoms with Crippen LogP contribution in [0.3, 0.4) is 0 Å². The average molecular weight is 563 g/mol. The van der Waals surface area contributed by atoms with Gasteiger partial charge in [-0.1, -0.05) is 148 Å². The molecule has 0 fully saturated rings. The van der Waals surface area contributed by atoms with Crippen LogP contribution in [0.4, 0.5) is 0 Å². The molecule has 0 rings (SSSR count). The third-order valence-corrected chi connectivity index (χ3v) is 7.44. The lowest BCUT2D eigenvalue weighted by Crippen LogP contribution is -2.02. The minimum atomic E-state index is 0.856.